The molecule has 0 aromatic heterocycles. The lowest BCUT2D eigenvalue weighted by atomic mass is 10.0. The number of aliphatic imine (C=N–C) groups is 1. The quantitative estimate of drug-likeness (QED) is 0.572. The lowest BCUT2D eigenvalue weighted by molar-refractivity contribution is 0.312. The lowest BCUT2D eigenvalue weighted by Crippen LogP contribution is -2.40. The van der Waals surface area contributed by atoms with Gasteiger partial charge in [-0.2, -0.15) is 0 Å². The van der Waals surface area contributed by atoms with Crippen molar-refractivity contribution in [3.63, 3.8) is 0 Å². The predicted molar refractivity (Wildman–Crippen MR) is 81.9 cm³/mol. The van der Waals surface area contributed by atoms with Gasteiger partial charge < -0.3 is 21.3 Å². The number of hydrogen-bond acceptors (Lipinski definition) is 3. The van der Waals surface area contributed by atoms with Gasteiger partial charge in [0.15, 0.2) is 5.96 Å². The zero-order valence-corrected chi connectivity index (χ0v) is 12.4. The molecule has 5 nitrogen and oxygen atoms in total. The van der Waals surface area contributed by atoms with Crippen LogP contribution in [0.3, 0.4) is 0 Å². The highest BCUT2D eigenvalue weighted by Gasteiger charge is 2.19. The van der Waals surface area contributed by atoms with Crippen molar-refractivity contribution in [2.45, 2.75) is 26.2 Å². The molecule has 0 spiro atoms. The second-order valence-corrected chi connectivity index (χ2v) is 5.23. The van der Waals surface area contributed by atoms with Gasteiger partial charge in [-0.15, -0.1) is 0 Å². The Labute approximate surface area is 117 Å². The van der Waals surface area contributed by atoms with Crippen LogP contribution in [0.5, 0.6) is 0 Å². The summed E-state index contributed by atoms with van der Waals surface area (Å²) in [6, 6.07) is 0. The van der Waals surface area contributed by atoms with Gasteiger partial charge in [0.05, 0.1) is 0 Å². The van der Waals surface area contributed by atoms with Crippen molar-refractivity contribution in [3.8, 4) is 0 Å². The molecule has 0 bridgehead atoms. The zero-order chi connectivity index (χ0) is 14.3. The van der Waals surface area contributed by atoms with Crippen LogP contribution < -0.4 is 11.5 Å². The molecule has 1 aliphatic rings. The molecule has 1 fully saturated rings. The van der Waals surface area contributed by atoms with E-state index in [-0.39, 0.29) is 0 Å². The van der Waals surface area contributed by atoms with E-state index in [4.69, 9.17) is 11.5 Å². The van der Waals surface area contributed by atoms with Crippen molar-refractivity contribution >= 4 is 5.96 Å². The molecule has 0 aromatic rings. The number of nitrogens with zero attached hydrogens (tertiary/aromatic N) is 3. The largest absolute Gasteiger partial charge is 0.373 e. The van der Waals surface area contributed by atoms with E-state index < -0.39 is 0 Å². The van der Waals surface area contributed by atoms with E-state index in [9.17, 15) is 0 Å². The molecule has 0 saturated carbocycles. The average molecular weight is 267 g/mol. The Hall–Kier alpha value is -1.23. The van der Waals surface area contributed by atoms with Crippen LogP contribution in [-0.2, 0) is 0 Å². The first kappa shape index (κ1) is 15.8. The fourth-order valence-corrected chi connectivity index (χ4v) is 2.48. The summed E-state index contributed by atoms with van der Waals surface area (Å²) in [4.78, 5) is 8.61. The maximum atomic E-state index is 5.89. The molecule has 0 aromatic carbocycles. The van der Waals surface area contributed by atoms with Gasteiger partial charge in [0.2, 0.25) is 0 Å². The lowest BCUT2D eigenvalue weighted by Gasteiger charge is -2.29. The molecular formula is C14H29N5. The van der Waals surface area contributed by atoms with Gasteiger partial charge >= 0.3 is 0 Å². The Morgan fingerprint density at radius 3 is 2.53 bits per heavy atom. The number of guanidine groups is 1. The minimum Gasteiger partial charge on any atom is -0.373 e. The fourth-order valence-electron chi connectivity index (χ4n) is 2.48. The molecule has 1 heterocycles. The molecule has 1 atom stereocenters. The zero-order valence-electron chi connectivity index (χ0n) is 12.4. The first-order chi connectivity index (χ1) is 9.10. The van der Waals surface area contributed by atoms with E-state index in [0.717, 1.165) is 52.0 Å². The van der Waals surface area contributed by atoms with E-state index in [2.05, 4.69) is 28.3 Å². The van der Waals surface area contributed by atoms with E-state index in [1.807, 2.05) is 0 Å². The topological polar surface area (TPSA) is 70.9 Å². The van der Waals surface area contributed by atoms with Crippen LogP contribution in [0.1, 0.15) is 26.2 Å². The second-order valence-electron chi connectivity index (χ2n) is 5.23. The van der Waals surface area contributed by atoms with Crippen LogP contribution in [0.25, 0.3) is 0 Å². The molecular weight excluding hydrogens is 238 g/mol. The van der Waals surface area contributed by atoms with E-state index in [0.29, 0.717) is 11.9 Å². The van der Waals surface area contributed by atoms with Crippen molar-refractivity contribution < 1.29 is 0 Å². The van der Waals surface area contributed by atoms with Gasteiger partial charge in [-0.25, -0.2) is 0 Å². The van der Waals surface area contributed by atoms with E-state index >= 15 is 0 Å². The van der Waals surface area contributed by atoms with Crippen LogP contribution in [0, 0.1) is 5.92 Å². The third-order valence-electron chi connectivity index (χ3n) is 3.87. The maximum absolute atomic E-state index is 5.89. The van der Waals surface area contributed by atoms with Gasteiger partial charge in [-0.1, -0.05) is 13.5 Å². The summed E-state index contributed by atoms with van der Waals surface area (Å²) < 4.78 is 0. The standard InChI is InChI=1S/C14H29N5/c1-12(6-4-7-15)13(2)18-8-5-9-19(11-10-18)14(16)17-3/h12H,2,4-11,15H2,1,3H3,(H2,16,17). The Balaban J connectivity index is 2.50. The fraction of sp³-hybridized carbons (Fsp3) is 0.786. The number of nitrogens with two attached hydrogens (primary N) is 2. The summed E-state index contributed by atoms with van der Waals surface area (Å²) in [6.45, 7) is 11.2. The first-order valence-electron chi connectivity index (χ1n) is 7.21. The molecule has 1 rings (SSSR count). The van der Waals surface area contributed by atoms with Crippen LogP contribution in [0.4, 0.5) is 0 Å². The highest BCUT2D eigenvalue weighted by Crippen LogP contribution is 2.20. The molecule has 19 heavy (non-hydrogen) atoms. The van der Waals surface area contributed by atoms with Crippen molar-refractivity contribution in [3.05, 3.63) is 12.3 Å². The monoisotopic (exact) mass is 267 g/mol. The van der Waals surface area contributed by atoms with Gasteiger partial charge in [0.1, 0.15) is 0 Å². The molecule has 1 saturated heterocycles. The summed E-state index contributed by atoms with van der Waals surface area (Å²) >= 11 is 0. The molecule has 0 radical (unpaired) electrons. The average Bonchev–Trinajstić information content (AvgIpc) is 2.68. The highest BCUT2D eigenvalue weighted by atomic mass is 15.3. The van der Waals surface area contributed by atoms with Gasteiger partial charge in [-0.3, -0.25) is 4.99 Å². The van der Waals surface area contributed by atoms with Gasteiger partial charge in [0, 0.05) is 38.9 Å². The van der Waals surface area contributed by atoms with Gasteiger partial charge in [-0.05, 0) is 31.7 Å². The Morgan fingerprint density at radius 1 is 1.26 bits per heavy atom. The first-order valence-corrected chi connectivity index (χ1v) is 7.21. The van der Waals surface area contributed by atoms with Crippen molar-refractivity contribution in [1.29, 1.82) is 0 Å². The number of hydrogen-bond donors (Lipinski definition) is 2. The Bertz CT molecular complexity index is 313. The molecule has 4 N–H and O–H groups in total. The van der Waals surface area contributed by atoms with Crippen LogP contribution in [0.2, 0.25) is 0 Å². The molecule has 1 unspecified atom stereocenters. The molecule has 0 aliphatic carbocycles. The highest BCUT2D eigenvalue weighted by molar-refractivity contribution is 5.77. The van der Waals surface area contributed by atoms with Crippen molar-refractivity contribution in [2.75, 3.05) is 39.8 Å². The summed E-state index contributed by atoms with van der Waals surface area (Å²) in [5.74, 6) is 1.15. The SMILES string of the molecule is C=C(C(C)CCCN)N1CCCN(C(N)=NC)CC1. The summed E-state index contributed by atoms with van der Waals surface area (Å²) in [5, 5.41) is 0. The van der Waals surface area contributed by atoms with Crippen LogP contribution in [0.15, 0.2) is 17.3 Å². The Kier molecular flexibility index (Phi) is 6.70. The third-order valence-corrected chi connectivity index (χ3v) is 3.87. The maximum Gasteiger partial charge on any atom is 0.191 e. The van der Waals surface area contributed by atoms with Gasteiger partial charge in [0.25, 0.3) is 0 Å². The molecule has 1 aliphatic heterocycles. The van der Waals surface area contributed by atoms with Crippen molar-refractivity contribution in [1.82, 2.24) is 9.80 Å². The second kappa shape index (κ2) is 8.04. The summed E-state index contributed by atoms with van der Waals surface area (Å²) in [6.07, 6.45) is 3.28. The number of allylic oxidation sites excluding steroid dienone is 1. The smallest absolute Gasteiger partial charge is 0.191 e. The molecule has 5 heteroatoms. The predicted octanol–water partition coefficient (Wildman–Crippen LogP) is 0.827. The minimum absolute atomic E-state index is 0.507. The molecule has 0 amide bonds. The molecule has 110 valence electrons. The minimum atomic E-state index is 0.507. The van der Waals surface area contributed by atoms with E-state index in [1.54, 1.807) is 7.05 Å². The normalized spacial score (nSPS) is 19.2. The van der Waals surface area contributed by atoms with Crippen LogP contribution in [-0.4, -0.2) is 55.5 Å². The summed E-state index contributed by atoms with van der Waals surface area (Å²) in [7, 11) is 1.74. The summed E-state index contributed by atoms with van der Waals surface area (Å²) in [5.41, 5.74) is 12.7. The van der Waals surface area contributed by atoms with Crippen LogP contribution >= 0.6 is 0 Å². The van der Waals surface area contributed by atoms with E-state index in [1.165, 1.54) is 5.70 Å². The van der Waals surface area contributed by atoms with Crippen molar-refractivity contribution in [2.24, 2.45) is 22.4 Å². The third kappa shape index (κ3) is 4.74. The number of rotatable bonds is 5. The Morgan fingerprint density at radius 2 is 1.89 bits per heavy atom.